The zero-order valence-electron chi connectivity index (χ0n) is 24.1. The first-order valence-electron chi connectivity index (χ1n) is 14.5. The van der Waals surface area contributed by atoms with Crippen molar-refractivity contribution in [2.75, 3.05) is 0 Å². The quantitative estimate of drug-likeness (QED) is 0.198. The van der Waals surface area contributed by atoms with Crippen LogP contribution in [0, 0.1) is 0 Å². The van der Waals surface area contributed by atoms with Crippen LogP contribution in [0.15, 0.2) is 42.5 Å². The average Bonchev–Trinajstić information content (AvgIpc) is 2.81. The van der Waals surface area contributed by atoms with Crippen molar-refractivity contribution < 1.29 is 9.90 Å². The number of carbonyl (C=O) groups is 1. The Kier molecular flexibility index (Phi) is 12.2. The van der Waals surface area contributed by atoms with Gasteiger partial charge in [-0.15, -0.1) is 0 Å². The number of hydrogen-bond donors (Lipinski definition) is 1. The number of ketones is 1. The van der Waals surface area contributed by atoms with E-state index in [2.05, 4.69) is 53.7 Å². The van der Waals surface area contributed by atoms with Crippen molar-refractivity contribution >= 4 is 5.78 Å². The van der Waals surface area contributed by atoms with Crippen LogP contribution in [-0.2, 0) is 17.3 Å². The Morgan fingerprint density at radius 3 is 1.50 bits per heavy atom. The second-order valence-electron chi connectivity index (χ2n) is 12.7. The molecule has 0 amide bonds. The van der Waals surface area contributed by atoms with E-state index in [0.717, 1.165) is 29.5 Å². The monoisotopic (exact) mass is 492 g/mol. The molecule has 2 rings (SSSR count). The number of aromatic hydroxyl groups is 1. The van der Waals surface area contributed by atoms with Crippen molar-refractivity contribution in [2.24, 2.45) is 0 Å². The zero-order valence-corrected chi connectivity index (χ0v) is 24.1. The number of unbranched alkanes of at least 4 members (excludes halogenated alkanes) is 10. The van der Waals surface area contributed by atoms with Gasteiger partial charge in [-0.3, -0.25) is 4.79 Å². The number of aryl methyl sites for hydroxylation is 1. The van der Waals surface area contributed by atoms with E-state index in [4.69, 9.17) is 0 Å². The molecule has 0 spiro atoms. The van der Waals surface area contributed by atoms with Gasteiger partial charge in [-0.05, 0) is 46.8 Å². The van der Waals surface area contributed by atoms with Crippen LogP contribution < -0.4 is 0 Å². The van der Waals surface area contributed by atoms with Gasteiger partial charge in [0.2, 0.25) is 0 Å². The molecule has 200 valence electrons. The van der Waals surface area contributed by atoms with E-state index in [1.165, 1.54) is 69.8 Å². The lowest BCUT2D eigenvalue weighted by atomic mass is 9.78. The van der Waals surface area contributed by atoms with Gasteiger partial charge in [0, 0.05) is 12.0 Å². The van der Waals surface area contributed by atoms with E-state index in [9.17, 15) is 9.90 Å². The fraction of sp³-hybridized carbons (Fsp3) is 0.618. The molecule has 0 atom stereocenters. The number of rotatable bonds is 15. The highest BCUT2D eigenvalue weighted by Gasteiger charge is 2.26. The van der Waals surface area contributed by atoms with E-state index in [1.807, 2.05) is 30.3 Å². The Hall–Kier alpha value is -2.09. The van der Waals surface area contributed by atoms with Crippen LogP contribution in [-0.4, -0.2) is 10.9 Å². The van der Waals surface area contributed by atoms with Gasteiger partial charge in [-0.1, -0.05) is 142 Å². The molecule has 0 aliphatic carbocycles. The molecule has 0 aliphatic heterocycles. The molecule has 36 heavy (non-hydrogen) atoms. The highest BCUT2D eigenvalue weighted by molar-refractivity contribution is 5.95. The van der Waals surface area contributed by atoms with E-state index >= 15 is 0 Å². The number of phenols is 1. The maximum Gasteiger partial charge on any atom is 0.162 e. The van der Waals surface area contributed by atoms with Crippen molar-refractivity contribution in [3.63, 3.8) is 0 Å². The van der Waals surface area contributed by atoms with E-state index < -0.39 is 0 Å². The van der Waals surface area contributed by atoms with Crippen molar-refractivity contribution in [1.82, 2.24) is 0 Å². The van der Waals surface area contributed by atoms with Crippen molar-refractivity contribution in [3.05, 3.63) is 64.7 Å². The lowest BCUT2D eigenvalue weighted by molar-refractivity contribution is 0.0979. The second-order valence-corrected chi connectivity index (χ2v) is 12.7. The molecule has 0 radical (unpaired) electrons. The highest BCUT2D eigenvalue weighted by atomic mass is 16.3. The summed E-state index contributed by atoms with van der Waals surface area (Å²) in [6.45, 7) is 13.1. The molecule has 0 saturated heterocycles. The van der Waals surface area contributed by atoms with Gasteiger partial charge in [-0.2, -0.15) is 0 Å². The van der Waals surface area contributed by atoms with Crippen LogP contribution in [0.1, 0.15) is 146 Å². The van der Waals surface area contributed by atoms with E-state index in [0.29, 0.717) is 12.2 Å². The Morgan fingerprint density at radius 2 is 1.06 bits per heavy atom. The lowest BCUT2D eigenvalue weighted by Gasteiger charge is -2.28. The Morgan fingerprint density at radius 1 is 0.639 bits per heavy atom. The maximum atomic E-state index is 12.1. The standard InChI is InChI=1S/C34H52O2/c1-33(2,3)29-25-27(26-30(32(29)36)34(4,5)6)21-17-14-12-10-8-7-9-11-13-15-20-24-31(35)28-22-18-16-19-23-28/h16,18-19,22-23,25-26,36H,7-15,17,20-21,24H2,1-6H3. The summed E-state index contributed by atoms with van der Waals surface area (Å²) in [4.78, 5) is 12.1. The fourth-order valence-electron chi connectivity index (χ4n) is 4.96. The molecule has 2 aromatic carbocycles. The Balaban J connectivity index is 1.55. The predicted octanol–water partition coefficient (Wildman–Crippen LogP) is 10.1. The molecule has 0 fully saturated rings. The van der Waals surface area contributed by atoms with Crippen LogP contribution in [0.5, 0.6) is 5.75 Å². The average molecular weight is 493 g/mol. The number of Topliss-reactive ketones (excluding diaryl/α,β-unsaturated/α-hetero) is 1. The normalized spacial score (nSPS) is 12.2. The minimum absolute atomic E-state index is 0.0559. The van der Waals surface area contributed by atoms with Gasteiger partial charge in [0.05, 0.1) is 0 Å². The molecular formula is C34H52O2. The molecule has 0 unspecified atom stereocenters. The summed E-state index contributed by atoms with van der Waals surface area (Å²) in [6, 6.07) is 14.1. The summed E-state index contributed by atoms with van der Waals surface area (Å²) in [5, 5.41) is 10.9. The number of carbonyl (C=O) groups excluding carboxylic acids is 1. The van der Waals surface area contributed by atoms with Gasteiger partial charge in [0.25, 0.3) is 0 Å². The molecule has 2 heteroatoms. The van der Waals surface area contributed by atoms with Crippen LogP contribution in [0.3, 0.4) is 0 Å². The minimum atomic E-state index is -0.0559. The largest absolute Gasteiger partial charge is 0.507 e. The van der Waals surface area contributed by atoms with E-state index in [1.54, 1.807) is 0 Å². The summed E-state index contributed by atoms with van der Waals surface area (Å²) in [5.41, 5.74) is 4.26. The third-order valence-corrected chi connectivity index (χ3v) is 7.25. The van der Waals surface area contributed by atoms with Crippen LogP contribution in [0.25, 0.3) is 0 Å². The van der Waals surface area contributed by atoms with Crippen molar-refractivity contribution in [2.45, 2.75) is 136 Å². The molecule has 0 saturated carbocycles. The van der Waals surface area contributed by atoms with Gasteiger partial charge in [0.15, 0.2) is 5.78 Å². The smallest absolute Gasteiger partial charge is 0.162 e. The Bertz CT molecular complexity index is 877. The summed E-state index contributed by atoms with van der Waals surface area (Å²) in [6.07, 6.45) is 15.7. The molecule has 0 bridgehead atoms. The summed E-state index contributed by atoms with van der Waals surface area (Å²) >= 11 is 0. The molecule has 0 heterocycles. The minimum Gasteiger partial charge on any atom is -0.507 e. The number of hydrogen-bond acceptors (Lipinski definition) is 2. The third kappa shape index (κ3) is 10.5. The Labute approximate surface area is 221 Å². The molecule has 0 aliphatic rings. The number of phenolic OH excluding ortho intramolecular Hbond substituents is 1. The molecule has 0 aromatic heterocycles. The van der Waals surface area contributed by atoms with Gasteiger partial charge in [0.1, 0.15) is 5.75 Å². The SMILES string of the molecule is CC(C)(C)c1cc(CCCCCCCCCCCCCC(=O)c2ccccc2)cc(C(C)(C)C)c1O. The van der Waals surface area contributed by atoms with Gasteiger partial charge < -0.3 is 5.11 Å². The van der Waals surface area contributed by atoms with Crippen molar-refractivity contribution in [1.29, 1.82) is 0 Å². The van der Waals surface area contributed by atoms with Crippen LogP contribution >= 0.6 is 0 Å². The van der Waals surface area contributed by atoms with Gasteiger partial charge >= 0.3 is 0 Å². The van der Waals surface area contributed by atoms with E-state index in [-0.39, 0.29) is 16.6 Å². The topological polar surface area (TPSA) is 37.3 Å². The highest BCUT2D eigenvalue weighted by Crippen LogP contribution is 2.40. The third-order valence-electron chi connectivity index (χ3n) is 7.25. The molecule has 2 aromatic rings. The zero-order chi connectivity index (χ0) is 26.6. The fourth-order valence-corrected chi connectivity index (χ4v) is 4.96. The first kappa shape index (κ1) is 30.1. The van der Waals surface area contributed by atoms with Gasteiger partial charge in [-0.25, -0.2) is 0 Å². The molecular weight excluding hydrogens is 440 g/mol. The van der Waals surface area contributed by atoms with Crippen molar-refractivity contribution in [3.8, 4) is 5.75 Å². The summed E-state index contributed by atoms with van der Waals surface area (Å²) in [7, 11) is 0. The van der Waals surface area contributed by atoms with Crippen LogP contribution in [0.4, 0.5) is 0 Å². The maximum absolute atomic E-state index is 12.1. The second kappa shape index (κ2) is 14.6. The summed E-state index contributed by atoms with van der Waals surface area (Å²) < 4.78 is 0. The van der Waals surface area contributed by atoms with Crippen LogP contribution in [0.2, 0.25) is 0 Å². The summed E-state index contributed by atoms with van der Waals surface area (Å²) in [5.74, 6) is 0.768. The number of benzene rings is 2. The lowest BCUT2D eigenvalue weighted by Crippen LogP contribution is -2.18. The first-order chi connectivity index (χ1) is 17.0. The predicted molar refractivity (Wildman–Crippen MR) is 155 cm³/mol. The molecule has 2 nitrogen and oxygen atoms in total. The molecule has 1 N–H and O–H groups in total. The first-order valence-corrected chi connectivity index (χ1v) is 14.5.